The van der Waals surface area contributed by atoms with Crippen LogP contribution < -0.4 is 11.1 Å². The van der Waals surface area contributed by atoms with E-state index < -0.39 is 22.9 Å². The van der Waals surface area contributed by atoms with Crippen LogP contribution in [-0.2, 0) is 0 Å². The second-order valence-corrected chi connectivity index (χ2v) is 12.8. The normalized spacial score (nSPS) is 11.1. The third-order valence-electron chi connectivity index (χ3n) is 7.48. The molecule has 0 aliphatic carbocycles. The van der Waals surface area contributed by atoms with Crippen molar-refractivity contribution in [1.82, 2.24) is 29.4 Å². The van der Waals surface area contributed by atoms with Crippen molar-refractivity contribution >= 4 is 93.6 Å². The molecule has 49 heavy (non-hydrogen) atoms. The van der Waals surface area contributed by atoms with Crippen LogP contribution in [0.1, 0.15) is 59.8 Å². The zero-order chi connectivity index (χ0) is 36.2. The third-order valence-corrected chi connectivity index (χ3v) is 9.06. The lowest BCUT2D eigenvalue weighted by molar-refractivity contribution is 0.0758. The summed E-state index contributed by atoms with van der Waals surface area (Å²) < 4.78 is 2.15. The predicted octanol–water partition coefficient (Wildman–Crippen LogP) is 8.41. The van der Waals surface area contributed by atoms with Crippen molar-refractivity contribution in [2.45, 2.75) is 27.7 Å². The quantitative estimate of drug-likeness (QED) is 0.117. The van der Waals surface area contributed by atoms with Crippen LogP contribution in [0.25, 0.3) is 23.5 Å². The molecule has 0 spiro atoms. The minimum absolute atomic E-state index is 0.00163. The van der Waals surface area contributed by atoms with Crippen molar-refractivity contribution in [3.63, 3.8) is 0 Å². The number of amides is 2. The number of rotatable bonds is 11. The third kappa shape index (κ3) is 7.92. The molecule has 2 aromatic heterocycles. The number of H-pyrrole nitrogens is 2. The largest absolute Gasteiger partial charge is 0.338 e. The van der Waals surface area contributed by atoms with Crippen molar-refractivity contribution in [3.8, 4) is 11.4 Å². The lowest BCUT2D eigenvalue weighted by atomic mass is 10.2. The van der Waals surface area contributed by atoms with Gasteiger partial charge >= 0.3 is 0 Å². The Labute approximate surface area is 311 Å². The van der Waals surface area contributed by atoms with Gasteiger partial charge in [0.2, 0.25) is 0 Å². The first kappa shape index (κ1) is 38.2. The Bertz CT molecular complexity index is 2080. The van der Waals surface area contributed by atoms with E-state index in [-0.39, 0.29) is 64.0 Å². The van der Waals surface area contributed by atoms with Gasteiger partial charge in [0, 0.05) is 36.2 Å². The van der Waals surface area contributed by atoms with Gasteiger partial charge in [0.15, 0.2) is 0 Å². The standard InChI is InChI=1S/C33H30Cl6N6O4/c1-5-42(6-2)32(48)26-20(30(46)44(40-26)28-22(36)14-18(34)15-23(28)37)12-10-9-11-13-21-27(33(49)43(7-3)8-4)41-45(31(21)47)29-24(38)16-19(35)17-25(29)39/h9-10,12-17,40-41H,5-8H2,1-4H3. The molecule has 16 heteroatoms. The Balaban J connectivity index is 1.84. The molecule has 2 aromatic carbocycles. The van der Waals surface area contributed by atoms with E-state index in [0.29, 0.717) is 26.2 Å². The number of aromatic amines is 2. The van der Waals surface area contributed by atoms with Crippen LogP contribution in [-0.4, -0.2) is 67.4 Å². The van der Waals surface area contributed by atoms with E-state index in [1.165, 1.54) is 53.5 Å². The fourth-order valence-electron chi connectivity index (χ4n) is 5.00. The summed E-state index contributed by atoms with van der Waals surface area (Å²) >= 11 is 37.7. The van der Waals surface area contributed by atoms with Gasteiger partial charge in [-0.1, -0.05) is 75.7 Å². The molecule has 258 valence electrons. The maximum atomic E-state index is 13.7. The number of carbonyl (C=O) groups is 2. The summed E-state index contributed by atoms with van der Waals surface area (Å²) in [5.74, 6) is -0.856. The van der Waals surface area contributed by atoms with Crippen molar-refractivity contribution in [3.05, 3.63) is 116 Å². The maximum absolute atomic E-state index is 13.7. The lowest BCUT2D eigenvalue weighted by Gasteiger charge is -2.17. The first-order chi connectivity index (χ1) is 23.3. The van der Waals surface area contributed by atoms with Crippen LogP contribution in [0, 0.1) is 0 Å². The summed E-state index contributed by atoms with van der Waals surface area (Å²) in [6, 6.07) is 5.70. The Hall–Kier alpha value is -3.60. The molecule has 2 N–H and O–H groups in total. The van der Waals surface area contributed by atoms with Gasteiger partial charge in [0.25, 0.3) is 22.9 Å². The zero-order valence-corrected chi connectivity index (χ0v) is 31.2. The van der Waals surface area contributed by atoms with E-state index in [1.807, 2.05) is 27.7 Å². The highest BCUT2D eigenvalue weighted by Gasteiger charge is 2.26. The van der Waals surface area contributed by atoms with E-state index in [0.717, 1.165) is 9.36 Å². The second kappa shape index (κ2) is 16.4. The fraction of sp³-hybridized carbons (Fsp3) is 0.242. The number of hydrogen-bond acceptors (Lipinski definition) is 4. The minimum atomic E-state index is -0.621. The lowest BCUT2D eigenvalue weighted by Crippen LogP contribution is -2.31. The Morgan fingerprint density at radius 3 is 1.43 bits per heavy atom. The molecule has 4 rings (SSSR count). The van der Waals surface area contributed by atoms with Crippen LogP contribution in [0.5, 0.6) is 0 Å². The summed E-state index contributed by atoms with van der Waals surface area (Å²) in [6.07, 6.45) is 5.60. The number of hydrogen-bond donors (Lipinski definition) is 2. The smallest absolute Gasteiger partial charge is 0.280 e. The molecule has 10 nitrogen and oxygen atoms in total. The van der Waals surface area contributed by atoms with Gasteiger partial charge in [-0.05, 0) is 70.2 Å². The van der Waals surface area contributed by atoms with Gasteiger partial charge in [0.1, 0.15) is 22.8 Å². The van der Waals surface area contributed by atoms with Crippen LogP contribution in [0.15, 0.2) is 51.7 Å². The molecule has 2 amide bonds. The van der Waals surface area contributed by atoms with Gasteiger partial charge in [-0.2, -0.15) is 0 Å². The highest BCUT2D eigenvalue weighted by Crippen LogP contribution is 2.33. The van der Waals surface area contributed by atoms with Crippen molar-refractivity contribution < 1.29 is 9.59 Å². The molecular formula is C33H30Cl6N6O4. The topological polar surface area (TPSA) is 116 Å². The molecule has 4 aromatic rings. The second-order valence-electron chi connectivity index (χ2n) is 10.3. The SMILES string of the molecule is CCN(CC)C(=O)c1[nH]n(-c2c(Cl)cc(Cl)cc2Cl)c(=O)c1C=C=CC=Cc1c(C(=O)N(CC)CC)[nH]n(-c2c(Cl)cc(Cl)cc2Cl)c1=O. The number of benzene rings is 2. The molecule has 0 fully saturated rings. The monoisotopic (exact) mass is 784 g/mol. The van der Waals surface area contributed by atoms with Crippen LogP contribution in [0.2, 0.25) is 30.1 Å². The Morgan fingerprint density at radius 1 is 0.673 bits per heavy atom. The summed E-state index contributed by atoms with van der Waals surface area (Å²) in [6.45, 7) is 8.83. The Morgan fingerprint density at radius 2 is 1.04 bits per heavy atom. The zero-order valence-electron chi connectivity index (χ0n) is 26.6. The molecule has 0 unspecified atom stereocenters. The van der Waals surface area contributed by atoms with Gasteiger partial charge in [-0.3, -0.25) is 29.4 Å². The summed E-state index contributed by atoms with van der Waals surface area (Å²) in [7, 11) is 0. The van der Waals surface area contributed by atoms with Gasteiger partial charge < -0.3 is 9.80 Å². The first-order valence-electron chi connectivity index (χ1n) is 15.0. The maximum Gasteiger partial charge on any atom is 0.280 e. The molecule has 0 aliphatic heterocycles. The molecular weight excluding hydrogens is 757 g/mol. The number of carbonyl (C=O) groups excluding carboxylic acids is 2. The van der Waals surface area contributed by atoms with Crippen LogP contribution in [0.4, 0.5) is 0 Å². The van der Waals surface area contributed by atoms with E-state index in [4.69, 9.17) is 69.6 Å². The highest BCUT2D eigenvalue weighted by atomic mass is 35.5. The number of nitrogens with zero attached hydrogens (tertiary/aromatic N) is 4. The van der Waals surface area contributed by atoms with Crippen molar-refractivity contribution in [2.75, 3.05) is 26.2 Å². The number of aromatic nitrogens is 4. The van der Waals surface area contributed by atoms with Crippen LogP contribution >= 0.6 is 69.6 Å². The summed E-state index contributed by atoms with van der Waals surface area (Å²) in [5, 5.41) is 6.59. The molecule has 0 atom stereocenters. The minimum Gasteiger partial charge on any atom is -0.338 e. The first-order valence-corrected chi connectivity index (χ1v) is 17.2. The van der Waals surface area contributed by atoms with E-state index in [2.05, 4.69) is 15.9 Å². The van der Waals surface area contributed by atoms with E-state index in [1.54, 1.807) is 4.90 Å². The molecule has 0 saturated carbocycles. The molecule has 0 radical (unpaired) electrons. The average Bonchev–Trinajstić information content (AvgIpc) is 3.53. The van der Waals surface area contributed by atoms with Gasteiger partial charge in [-0.25, -0.2) is 9.36 Å². The van der Waals surface area contributed by atoms with Crippen LogP contribution in [0.3, 0.4) is 0 Å². The molecule has 2 heterocycles. The van der Waals surface area contributed by atoms with Crippen molar-refractivity contribution in [2.24, 2.45) is 0 Å². The number of halogens is 6. The molecule has 0 bridgehead atoms. The Kier molecular flexibility index (Phi) is 12.8. The number of allylic oxidation sites excluding steroid dienone is 2. The highest BCUT2D eigenvalue weighted by molar-refractivity contribution is 6.41. The van der Waals surface area contributed by atoms with E-state index in [9.17, 15) is 19.2 Å². The predicted molar refractivity (Wildman–Crippen MR) is 199 cm³/mol. The molecule has 0 saturated heterocycles. The fourth-order valence-corrected chi connectivity index (χ4v) is 6.97. The molecule has 0 aliphatic rings. The van der Waals surface area contributed by atoms with E-state index >= 15 is 0 Å². The van der Waals surface area contributed by atoms with Crippen molar-refractivity contribution in [1.29, 1.82) is 0 Å². The van der Waals surface area contributed by atoms with Gasteiger partial charge in [0.05, 0.1) is 31.2 Å². The summed E-state index contributed by atoms with van der Waals surface area (Å²) in [5.41, 5.74) is 1.86. The summed E-state index contributed by atoms with van der Waals surface area (Å²) in [4.78, 5) is 57.3. The van der Waals surface area contributed by atoms with Gasteiger partial charge in [-0.15, -0.1) is 5.73 Å². The average molecular weight is 787 g/mol. The number of nitrogens with one attached hydrogen (secondary N) is 2.